The Kier molecular flexibility index (Phi) is 4.97. The van der Waals surface area contributed by atoms with Crippen molar-refractivity contribution in [3.05, 3.63) is 36.4 Å². The van der Waals surface area contributed by atoms with Gasteiger partial charge in [-0.05, 0) is 58.3 Å². The monoisotopic (exact) mass is 445 g/mol. The first-order valence-corrected chi connectivity index (χ1v) is 11.4. The van der Waals surface area contributed by atoms with Crippen LogP contribution in [-0.4, -0.2) is 43.9 Å². The topological polar surface area (TPSA) is 115 Å². The highest BCUT2D eigenvalue weighted by Gasteiger charge is 2.51. The largest absolute Gasteiger partial charge is 0.494 e. The molecule has 1 atom stereocenters. The maximum atomic E-state index is 12.5. The van der Waals surface area contributed by atoms with Crippen LogP contribution in [-0.2, 0) is 24.1 Å². The maximum absolute atomic E-state index is 12.5. The Hall–Kier alpha value is -2.40. The number of hydrogen-bond donors (Lipinski definition) is 2. The minimum absolute atomic E-state index is 0.0710. The maximum Gasteiger partial charge on any atom is 0.494 e. The first-order chi connectivity index (χ1) is 14.3. The lowest BCUT2D eigenvalue weighted by Crippen LogP contribution is -2.41. The summed E-state index contributed by atoms with van der Waals surface area (Å²) in [6.45, 7) is 9.21. The van der Waals surface area contributed by atoms with E-state index in [0.29, 0.717) is 11.2 Å². The van der Waals surface area contributed by atoms with Gasteiger partial charge in [-0.15, -0.1) is 0 Å². The fourth-order valence-corrected chi connectivity index (χ4v) is 4.63. The summed E-state index contributed by atoms with van der Waals surface area (Å²) in [7, 11) is -4.54. The van der Waals surface area contributed by atoms with Gasteiger partial charge in [0.1, 0.15) is 17.2 Å². The molecule has 2 N–H and O–H groups in total. The molecule has 1 unspecified atom stereocenters. The Balaban J connectivity index is 1.72. The Morgan fingerprint density at radius 3 is 2.26 bits per heavy atom. The van der Waals surface area contributed by atoms with Crippen LogP contribution in [0.4, 0.5) is 0 Å². The van der Waals surface area contributed by atoms with Crippen molar-refractivity contribution in [3.8, 4) is 0 Å². The van der Waals surface area contributed by atoms with Gasteiger partial charge in [0.05, 0.1) is 16.1 Å². The lowest BCUT2D eigenvalue weighted by atomic mass is 9.78. The Morgan fingerprint density at radius 2 is 1.65 bits per heavy atom. The van der Waals surface area contributed by atoms with E-state index in [-0.39, 0.29) is 4.90 Å². The van der Waals surface area contributed by atoms with E-state index < -0.39 is 40.4 Å². The van der Waals surface area contributed by atoms with Gasteiger partial charge in [0.2, 0.25) is 10.0 Å². The smallest absolute Gasteiger partial charge is 0.480 e. The van der Waals surface area contributed by atoms with E-state index in [1.807, 2.05) is 39.8 Å². The van der Waals surface area contributed by atoms with Crippen LogP contribution in [0.15, 0.2) is 45.7 Å². The van der Waals surface area contributed by atoms with Crippen LogP contribution >= 0.6 is 0 Å². The van der Waals surface area contributed by atoms with Crippen LogP contribution < -0.4 is 10.2 Å². The highest BCUT2D eigenvalue weighted by atomic mass is 32.2. The lowest BCUT2D eigenvalue weighted by molar-refractivity contribution is -0.138. The number of aliphatic carboxylic acids is 1. The van der Waals surface area contributed by atoms with Gasteiger partial charge in [0.25, 0.3) is 0 Å². The molecule has 8 nitrogen and oxygen atoms in total. The highest BCUT2D eigenvalue weighted by molar-refractivity contribution is 7.89. The molecule has 0 spiro atoms. The Bertz CT molecular complexity index is 1280. The molecule has 31 heavy (non-hydrogen) atoms. The first kappa shape index (κ1) is 21.8. The molecule has 0 aliphatic carbocycles. The Labute approximate surface area is 180 Å². The molecule has 2 aromatic carbocycles. The molecule has 164 valence electrons. The number of benzene rings is 2. The quantitative estimate of drug-likeness (QED) is 0.581. The molecule has 4 rings (SSSR count). The van der Waals surface area contributed by atoms with Crippen molar-refractivity contribution < 1.29 is 32.0 Å². The molecule has 0 amide bonds. The average Bonchev–Trinajstić information content (AvgIpc) is 3.13. The van der Waals surface area contributed by atoms with E-state index in [2.05, 4.69) is 4.72 Å². The van der Waals surface area contributed by atoms with Crippen molar-refractivity contribution >= 4 is 50.5 Å². The summed E-state index contributed by atoms with van der Waals surface area (Å²) in [4.78, 5) is 10.9. The number of furan rings is 1. The summed E-state index contributed by atoms with van der Waals surface area (Å²) in [5.41, 5.74) is 0.883. The van der Waals surface area contributed by atoms with Crippen molar-refractivity contribution in [2.75, 3.05) is 0 Å². The zero-order chi connectivity index (χ0) is 22.8. The van der Waals surface area contributed by atoms with Crippen molar-refractivity contribution in [3.63, 3.8) is 0 Å². The van der Waals surface area contributed by atoms with Gasteiger partial charge in [-0.2, -0.15) is 4.72 Å². The number of rotatable bonds is 5. The summed E-state index contributed by atoms with van der Waals surface area (Å²) in [6, 6.07) is 8.79. The van der Waals surface area contributed by atoms with E-state index in [9.17, 15) is 13.2 Å². The Morgan fingerprint density at radius 1 is 1.00 bits per heavy atom. The van der Waals surface area contributed by atoms with Crippen molar-refractivity contribution in [2.24, 2.45) is 0 Å². The lowest BCUT2D eigenvalue weighted by Gasteiger charge is -2.32. The summed E-state index contributed by atoms with van der Waals surface area (Å²) in [5.74, 6) is -1.26. The zero-order valence-corrected chi connectivity index (χ0v) is 18.7. The van der Waals surface area contributed by atoms with Crippen LogP contribution in [0.5, 0.6) is 0 Å². The number of carboxylic acids is 1. The third-order valence-corrected chi connectivity index (χ3v) is 7.54. The van der Waals surface area contributed by atoms with E-state index in [4.69, 9.17) is 18.8 Å². The molecule has 0 radical (unpaired) electrons. The van der Waals surface area contributed by atoms with Gasteiger partial charge < -0.3 is 18.8 Å². The molecule has 1 aliphatic rings. The standard InChI is InChI=1S/C21H24BNO7S/c1-12(19(24)25)23-31(26,27)14-7-8-15-16-10-13(6-9-17(16)28-18(15)11-14)22-29-20(2,3)21(4,5)30-22/h6-12,23H,1-5H3,(H,24,25). The van der Waals surface area contributed by atoms with Gasteiger partial charge in [-0.3, -0.25) is 4.79 Å². The van der Waals surface area contributed by atoms with Crippen LogP contribution in [0.25, 0.3) is 21.9 Å². The molecule has 0 saturated carbocycles. The molecule has 0 bridgehead atoms. The fourth-order valence-electron chi connectivity index (χ4n) is 3.42. The number of carbonyl (C=O) groups is 1. The van der Waals surface area contributed by atoms with Crippen molar-refractivity contribution in [2.45, 2.75) is 56.8 Å². The summed E-state index contributed by atoms with van der Waals surface area (Å²) in [6.07, 6.45) is 0. The predicted molar refractivity (Wildman–Crippen MR) is 117 cm³/mol. The van der Waals surface area contributed by atoms with Gasteiger partial charge in [-0.25, -0.2) is 8.42 Å². The second kappa shape index (κ2) is 7.06. The van der Waals surface area contributed by atoms with Crippen LogP contribution in [0.2, 0.25) is 0 Å². The van der Waals surface area contributed by atoms with Gasteiger partial charge in [-0.1, -0.05) is 12.1 Å². The fraction of sp³-hybridized carbons (Fsp3) is 0.381. The van der Waals surface area contributed by atoms with E-state index in [1.54, 1.807) is 12.1 Å². The van der Waals surface area contributed by atoms with Crippen molar-refractivity contribution in [1.29, 1.82) is 0 Å². The number of hydrogen-bond acceptors (Lipinski definition) is 6. The number of sulfonamides is 1. The minimum Gasteiger partial charge on any atom is -0.480 e. The average molecular weight is 445 g/mol. The molecule has 1 fully saturated rings. The second-order valence-corrected chi connectivity index (χ2v) is 10.5. The van der Waals surface area contributed by atoms with Gasteiger partial charge >= 0.3 is 13.1 Å². The van der Waals surface area contributed by atoms with Crippen LogP contribution in [0.3, 0.4) is 0 Å². The van der Waals surface area contributed by atoms with Crippen LogP contribution in [0, 0.1) is 0 Å². The van der Waals surface area contributed by atoms with Gasteiger partial charge in [0.15, 0.2) is 0 Å². The molecule has 1 aliphatic heterocycles. The molecule has 1 aromatic heterocycles. The third kappa shape index (κ3) is 3.74. The molecular formula is C21H24BNO7S. The SMILES string of the molecule is CC(NS(=O)(=O)c1ccc2c(c1)oc1ccc(B3OC(C)(C)C(C)(C)O3)cc12)C(=O)O. The number of carboxylic acid groups (broad SMARTS) is 1. The first-order valence-electron chi connectivity index (χ1n) is 9.88. The molecular weight excluding hydrogens is 421 g/mol. The normalized spacial score (nSPS) is 19.2. The minimum atomic E-state index is -4.01. The number of fused-ring (bicyclic) bond motifs is 3. The predicted octanol–water partition coefficient (Wildman–Crippen LogP) is 2.64. The molecule has 3 aromatic rings. The van der Waals surface area contributed by atoms with Crippen LogP contribution in [0.1, 0.15) is 34.6 Å². The second-order valence-electron chi connectivity index (χ2n) is 8.79. The highest BCUT2D eigenvalue weighted by Crippen LogP contribution is 2.37. The molecule has 2 heterocycles. The zero-order valence-electron chi connectivity index (χ0n) is 17.9. The number of nitrogens with one attached hydrogen (secondary N) is 1. The van der Waals surface area contributed by atoms with E-state index in [0.717, 1.165) is 16.2 Å². The van der Waals surface area contributed by atoms with E-state index in [1.165, 1.54) is 19.1 Å². The molecule has 1 saturated heterocycles. The summed E-state index contributed by atoms with van der Waals surface area (Å²) < 4.78 is 45.2. The van der Waals surface area contributed by atoms with Crippen molar-refractivity contribution in [1.82, 2.24) is 4.72 Å². The summed E-state index contributed by atoms with van der Waals surface area (Å²) >= 11 is 0. The third-order valence-electron chi connectivity index (χ3n) is 6.00. The summed E-state index contributed by atoms with van der Waals surface area (Å²) in [5, 5.41) is 10.5. The van der Waals surface area contributed by atoms with Gasteiger partial charge in [0, 0.05) is 16.8 Å². The molecule has 10 heteroatoms. The van der Waals surface area contributed by atoms with E-state index >= 15 is 0 Å².